The summed E-state index contributed by atoms with van der Waals surface area (Å²) in [5.41, 5.74) is -0.924. The van der Waals surface area contributed by atoms with E-state index >= 15 is 0 Å². The molecule has 1 unspecified atom stereocenters. The van der Waals surface area contributed by atoms with Crippen molar-refractivity contribution in [2.75, 3.05) is 18.9 Å². The van der Waals surface area contributed by atoms with Crippen LogP contribution in [0.4, 0.5) is 18.9 Å². The fraction of sp³-hybridized carbons (Fsp3) is 0.312. The lowest BCUT2D eigenvalue weighted by molar-refractivity contribution is -0.886. The van der Waals surface area contributed by atoms with Gasteiger partial charge in [0.2, 0.25) is 0 Å². The zero-order valence-corrected chi connectivity index (χ0v) is 13.9. The molecule has 2 rings (SSSR count). The SMILES string of the molecule is Cc1ccc(C[NH+](C)CC(=O)Nc2cc(C(F)(F)F)ccc2Cl)o1. The minimum Gasteiger partial charge on any atom is -0.460 e. The highest BCUT2D eigenvalue weighted by atomic mass is 35.5. The topological polar surface area (TPSA) is 46.7 Å². The van der Waals surface area contributed by atoms with Gasteiger partial charge in [0.1, 0.15) is 12.3 Å². The minimum absolute atomic E-state index is 0.0515. The van der Waals surface area contributed by atoms with E-state index in [9.17, 15) is 18.0 Å². The molecule has 130 valence electrons. The number of halogens is 4. The lowest BCUT2D eigenvalue weighted by atomic mass is 10.2. The first-order valence-corrected chi connectivity index (χ1v) is 7.56. The largest absolute Gasteiger partial charge is 0.460 e. The zero-order valence-electron chi connectivity index (χ0n) is 13.1. The molecule has 2 N–H and O–H groups in total. The quantitative estimate of drug-likeness (QED) is 0.860. The Hall–Kier alpha value is -1.99. The van der Waals surface area contributed by atoms with Gasteiger partial charge in [-0.05, 0) is 37.3 Å². The molecule has 0 saturated heterocycles. The summed E-state index contributed by atoms with van der Waals surface area (Å²) in [6.45, 7) is 2.37. The first-order valence-electron chi connectivity index (χ1n) is 7.18. The molecule has 0 aliphatic heterocycles. The standard InChI is InChI=1S/C16H16ClF3N2O2/c1-10-3-5-12(24-10)8-22(2)9-15(23)21-14-7-11(16(18,19)20)4-6-13(14)17/h3-7H,8-9H2,1-2H3,(H,21,23)/p+1. The number of aryl methyl sites for hydroxylation is 1. The predicted molar refractivity (Wildman–Crippen MR) is 84.0 cm³/mol. The van der Waals surface area contributed by atoms with E-state index in [1.165, 1.54) is 0 Å². The molecular formula is C16H17ClF3N2O2+. The van der Waals surface area contributed by atoms with Crippen LogP contribution < -0.4 is 10.2 Å². The maximum absolute atomic E-state index is 12.7. The van der Waals surface area contributed by atoms with Crippen LogP contribution in [-0.4, -0.2) is 19.5 Å². The van der Waals surface area contributed by atoms with Crippen LogP contribution in [0, 0.1) is 6.92 Å². The van der Waals surface area contributed by atoms with Gasteiger partial charge in [0.25, 0.3) is 5.91 Å². The number of nitrogens with one attached hydrogen (secondary N) is 2. The number of carbonyl (C=O) groups is 1. The molecule has 1 amide bonds. The van der Waals surface area contributed by atoms with Crippen LogP contribution in [0.3, 0.4) is 0 Å². The Morgan fingerprint density at radius 1 is 1.29 bits per heavy atom. The van der Waals surface area contributed by atoms with E-state index < -0.39 is 17.6 Å². The molecule has 1 atom stereocenters. The summed E-state index contributed by atoms with van der Waals surface area (Å²) >= 11 is 5.86. The monoisotopic (exact) mass is 361 g/mol. The summed E-state index contributed by atoms with van der Waals surface area (Å²) in [5, 5.41) is 2.47. The van der Waals surface area contributed by atoms with Crippen molar-refractivity contribution in [1.29, 1.82) is 0 Å². The molecule has 0 saturated carbocycles. The number of alkyl halides is 3. The highest BCUT2D eigenvalue weighted by molar-refractivity contribution is 6.33. The van der Waals surface area contributed by atoms with Crippen LogP contribution in [-0.2, 0) is 17.5 Å². The third kappa shape index (κ3) is 5.01. The van der Waals surface area contributed by atoms with Crippen LogP contribution in [0.15, 0.2) is 34.7 Å². The van der Waals surface area contributed by atoms with E-state index in [4.69, 9.17) is 16.0 Å². The first-order chi connectivity index (χ1) is 11.1. The summed E-state index contributed by atoms with van der Waals surface area (Å²) < 4.78 is 43.6. The number of amides is 1. The van der Waals surface area contributed by atoms with Crippen LogP contribution in [0.5, 0.6) is 0 Å². The van der Waals surface area contributed by atoms with Crippen LogP contribution in [0.1, 0.15) is 17.1 Å². The van der Waals surface area contributed by atoms with Gasteiger partial charge in [-0.3, -0.25) is 4.79 Å². The first kappa shape index (κ1) is 18.4. The molecule has 0 radical (unpaired) electrons. The molecule has 1 heterocycles. The maximum atomic E-state index is 12.7. The second-order valence-corrected chi connectivity index (χ2v) is 5.97. The number of furan rings is 1. The van der Waals surface area contributed by atoms with Crippen LogP contribution in [0.25, 0.3) is 0 Å². The number of anilines is 1. The number of hydrogen-bond donors (Lipinski definition) is 2. The predicted octanol–water partition coefficient (Wildman–Crippen LogP) is 2.91. The Labute approximate surface area is 142 Å². The molecule has 4 nitrogen and oxygen atoms in total. The molecule has 1 aromatic carbocycles. The van der Waals surface area contributed by atoms with Crippen molar-refractivity contribution >= 4 is 23.2 Å². The van der Waals surface area contributed by atoms with Gasteiger partial charge in [0, 0.05) is 0 Å². The van der Waals surface area contributed by atoms with Gasteiger partial charge in [0.05, 0.1) is 23.3 Å². The fourth-order valence-electron chi connectivity index (χ4n) is 2.21. The van der Waals surface area contributed by atoms with Gasteiger partial charge in [-0.15, -0.1) is 0 Å². The van der Waals surface area contributed by atoms with Gasteiger partial charge in [-0.25, -0.2) is 0 Å². The zero-order chi connectivity index (χ0) is 17.9. The smallest absolute Gasteiger partial charge is 0.416 e. The van der Waals surface area contributed by atoms with Crippen molar-refractivity contribution in [3.63, 3.8) is 0 Å². The molecule has 8 heteroatoms. The van der Waals surface area contributed by atoms with Crippen molar-refractivity contribution in [1.82, 2.24) is 0 Å². The van der Waals surface area contributed by atoms with Gasteiger partial charge in [-0.2, -0.15) is 13.2 Å². The van der Waals surface area contributed by atoms with Gasteiger partial charge in [0.15, 0.2) is 12.3 Å². The van der Waals surface area contributed by atoms with E-state index in [0.29, 0.717) is 6.54 Å². The van der Waals surface area contributed by atoms with Crippen LogP contribution >= 0.6 is 11.6 Å². The van der Waals surface area contributed by atoms with Crippen molar-refractivity contribution in [2.24, 2.45) is 0 Å². The van der Waals surface area contributed by atoms with Gasteiger partial charge >= 0.3 is 6.18 Å². The van der Waals surface area contributed by atoms with Crippen molar-refractivity contribution < 1.29 is 27.3 Å². The third-order valence-electron chi connectivity index (χ3n) is 3.30. The summed E-state index contributed by atoms with van der Waals surface area (Å²) in [7, 11) is 1.78. The summed E-state index contributed by atoms with van der Waals surface area (Å²) in [4.78, 5) is 12.9. The Bertz CT molecular complexity index is 728. The summed E-state index contributed by atoms with van der Waals surface area (Å²) in [6, 6.07) is 6.45. The van der Waals surface area contributed by atoms with Gasteiger partial charge in [-0.1, -0.05) is 11.6 Å². The fourth-order valence-corrected chi connectivity index (χ4v) is 2.37. The lowest BCUT2D eigenvalue weighted by Gasteiger charge is -2.14. The summed E-state index contributed by atoms with van der Waals surface area (Å²) in [6.07, 6.45) is -4.50. The molecule has 0 aliphatic carbocycles. The highest BCUT2D eigenvalue weighted by Gasteiger charge is 2.31. The van der Waals surface area contributed by atoms with E-state index in [2.05, 4.69) is 5.32 Å². The minimum atomic E-state index is -4.50. The molecule has 0 aliphatic rings. The average Bonchev–Trinajstić information content (AvgIpc) is 2.84. The summed E-state index contributed by atoms with van der Waals surface area (Å²) in [5.74, 6) is 1.07. The Morgan fingerprint density at radius 2 is 2.00 bits per heavy atom. The number of rotatable bonds is 5. The number of likely N-dealkylation sites (N-methyl/N-ethyl adjacent to an activating group) is 1. The molecule has 0 bridgehead atoms. The molecule has 1 aromatic heterocycles. The van der Waals surface area contributed by atoms with Crippen molar-refractivity contribution in [2.45, 2.75) is 19.6 Å². The van der Waals surface area contributed by atoms with Crippen LogP contribution in [0.2, 0.25) is 5.02 Å². The number of quaternary nitrogens is 1. The molecular weight excluding hydrogens is 345 g/mol. The molecule has 2 aromatic rings. The Balaban J connectivity index is 1.99. The Kier molecular flexibility index (Phi) is 5.56. The van der Waals surface area contributed by atoms with Gasteiger partial charge < -0.3 is 14.6 Å². The second-order valence-electron chi connectivity index (χ2n) is 5.56. The lowest BCUT2D eigenvalue weighted by Crippen LogP contribution is -3.08. The van der Waals surface area contributed by atoms with E-state index in [0.717, 1.165) is 34.6 Å². The van der Waals surface area contributed by atoms with Crippen molar-refractivity contribution in [3.05, 3.63) is 52.4 Å². The third-order valence-corrected chi connectivity index (χ3v) is 3.63. The molecule has 24 heavy (non-hydrogen) atoms. The Morgan fingerprint density at radius 3 is 2.58 bits per heavy atom. The number of hydrogen-bond acceptors (Lipinski definition) is 2. The number of benzene rings is 1. The van der Waals surface area contributed by atoms with E-state index in [1.807, 2.05) is 19.1 Å². The highest BCUT2D eigenvalue weighted by Crippen LogP contribution is 2.33. The molecule has 0 fully saturated rings. The normalized spacial score (nSPS) is 12.9. The number of carbonyl (C=O) groups excluding carboxylic acids is 1. The second kappa shape index (κ2) is 7.27. The van der Waals surface area contributed by atoms with Crippen molar-refractivity contribution in [3.8, 4) is 0 Å². The van der Waals surface area contributed by atoms with E-state index in [1.54, 1.807) is 7.05 Å². The maximum Gasteiger partial charge on any atom is 0.416 e. The van der Waals surface area contributed by atoms with E-state index in [-0.39, 0.29) is 17.3 Å². The average molecular weight is 362 g/mol. The molecule has 0 spiro atoms.